The van der Waals surface area contributed by atoms with E-state index in [-0.39, 0.29) is 12.8 Å². The summed E-state index contributed by atoms with van der Waals surface area (Å²) in [4.78, 5) is 0. The second kappa shape index (κ2) is 12.6. The van der Waals surface area contributed by atoms with Gasteiger partial charge < -0.3 is 0 Å². The number of rotatable bonds is 12. The fourth-order valence-electron chi connectivity index (χ4n) is 5.21. The van der Waals surface area contributed by atoms with E-state index < -0.39 is 60.7 Å². The Morgan fingerprint density at radius 2 is 0.881 bits per heavy atom. The Hall–Kier alpha value is -2.51. The van der Waals surface area contributed by atoms with E-state index in [0.29, 0.717) is 15.9 Å². The molecule has 0 amide bonds. The fourth-order valence-corrected chi connectivity index (χ4v) is 13.2. The minimum atomic E-state index is -7.12. The average molecular weight is 657 g/mol. The zero-order valence-electron chi connectivity index (χ0n) is 22.7. The number of alkyl halides is 6. The van der Waals surface area contributed by atoms with E-state index in [0.717, 1.165) is 0 Å². The SMILES string of the molecule is CCCC(CCC)(N[PH](c1ccccc1)(c1ccccc1)c1ccccc1)N(S(=O)(=O)C(F)(F)F)S(=O)(=O)C(F)(F)F. The van der Waals surface area contributed by atoms with Gasteiger partial charge in [0.2, 0.25) is 0 Å². The molecular weight excluding hydrogens is 625 g/mol. The Balaban J connectivity index is 2.60. The van der Waals surface area contributed by atoms with Crippen molar-refractivity contribution in [2.45, 2.75) is 56.2 Å². The summed E-state index contributed by atoms with van der Waals surface area (Å²) in [6.07, 6.45) is -1.69. The number of halogens is 6. The molecule has 15 heteroatoms. The van der Waals surface area contributed by atoms with Gasteiger partial charge in [0.1, 0.15) is 0 Å². The molecule has 42 heavy (non-hydrogen) atoms. The molecule has 0 spiro atoms. The van der Waals surface area contributed by atoms with Crippen LogP contribution in [0.1, 0.15) is 39.5 Å². The Kier molecular flexibility index (Phi) is 10.2. The molecule has 3 rings (SSSR count). The van der Waals surface area contributed by atoms with Gasteiger partial charge in [-0.2, -0.15) is 0 Å². The quantitative estimate of drug-likeness (QED) is 0.158. The van der Waals surface area contributed by atoms with Crippen molar-refractivity contribution in [2.24, 2.45) is 0 Å². The molecule has 0 fully saturated rings. The molecule has 232 valence electrons. The van der Waals surface area contributed by atoms with Crippen LogP contribution in [0.5, 0.6) is 0 Å². The Labute approximate surface area is 242 Å². The van der Waals surface area contributed by atoms with Crippen molar-refractivity contribution in [3.63, 3.8) is 0 Å². The van der Waals surface area contributed by atoms with Gasteiger partial charge >= 0.3 is 243 Å². The first kappa shape index (κ1) is 34.0. The minimum absolute atomic E-state index is 0.160. The molecule has 0 atom stereocenters. The van der Waals surface area contributed by atoms with Gasteiger partial charge in [-0.3, -0.25) is 0 Å². The molecule has 0 aliphatic carbocycles. The molecule has 0 saturated heterocycles. The van der Waals surface area contributed by atoms with Crippen LogP contribution in [0.15, 0.2) is 91.0 Å². The van der Waals surface area contributed by atoms with Crippen molar-refractivity contribution in [3.05, 3.63) is 91.0 Å². The van der Waals surface area contributed by atoms with Crippen molar-refractivity contribution >= 4 is 43.4 Å². The molecule has 0 radical (unpaired) electrons. The van der Waals surface area contributed by atoms with E-state index in [9.17, 15) is 43.2 Å². The number of nitrogens with zero attached hydrogens (tertiary/aromatic N) is 1. The summed E-state index contributed by atoms with van der Waals surface area (Å²) in [5.41, 5.74) is -15.6. The first-order valence-corrected chi connectivity index (χ1v) is 17.8. The first-order chi connectivity index (χ1) is 19.5. The monoisotopic (exact) mass is 656 g/mol. The third-order valence-corrected chi connectivity index (χ3v) is 15.1. The Bertz CT molecular complexity index is 1390. The average Bonchev–Trinajstić information content (AvgIpc) is 2.92. The van der Waals surface area contributed by atoms with Crippen molar-refractivity contribution in [2.75, 3.05) is 0 Å². The normalized spacial score (nSPS) is 14.2. The predicted molar refractivity (Wildman–Crippen MR) is 154 cm³/mol. The van der Waals surface area contributed by atoms with Gasteiger partial charge in [-0.1, -0.05) is 0 Å². The van der Waals surface area contributed by atoms with Crippen molar-refractivity contribution in [3.8, 4) is 0 Å². The second-order valence-corrected chi connectivity index (χ2v) is 16.9. The van der Waals surface area contributed by atoms with Crippen LogP contribution in [0.25, 0.3) is 0 Å². The molecule has 0 saturated carbocycles. The van der Waals surface area contributed by atoms with Gasteiger partial charge in [0.05, 0.1) is 0 Å². The standard InChI is InChI=1S/C27H31F6N2O4PS2/c1-3-20-25(21-4-2,35(41(36,37)26(28,29)30)42(38,39)27(31,32)33)34-40(22-14-8-5-9-15-22,23-16-10-6-11-17-23)24-18-12-7-13-19-24/h5-19,34,40H,3-4,20-21H2,1-2H3. The summed E-state index contributed by atoms with van der Waals surface area (Å²) < 4.78 is 136. The third-order valence-electron chi connectivity index (χ3n) is 6.74. The van der Waals surface area contributed by atoms with Crippen LogP contribution >= 0.6 is 7.41 Å². The van der Waals surface area contributed by atoms with Crippen LogP contribution in [0, 0.1) is 0 Å². The van der Waals surface area contributed by atoms with Gasteiger partial charge in [0.15, 0.2) is 0 Å². The molecule has 3 aromatic rings. The molecule has 0 bridgehead atoms. The summed E-state index contributed by atoms with van der Waals surface area (Å²) in [5, 5.41) is 4.35. The van der Waals surface area contributed by atoms with Crippen LogP contribution in [-0.2, 0) is 20.0 Å². The fraction of sp³-hybridized carbons (Fsp3) is 0.333. The molecular formula is C27H31F6N2O4PS2. The number of nitrogens with one attached hydrogen (secondary N) is 1. The number of benzene rings is 3. The van der Waals surface area contributed by atoms with Crippen LogP contribution < -0.4 is 21.0 Å². The molecule has 1 N–H and O–H groups in total. The maximum atomic E-state index is 14.1. The van der Waals surface area contributed by atoms with Crippen molar-refractivity contribution in [1.29, 1.82) is 0 Å². The van der Waals surface area contributed by atoms with Gasteiger partial charge in [-0.15, -0.1) is 0 Å². The molecule has 0 aliphatic heterocycles. The van der Waals surface area contributed by atoms with Gasteiger partial charge in [0, 0.05) is 0 Å². The van der Waals surface area contributed by atoms with Crippen molar-refractivity contribution in [1.82, 2.24) is 8.80 Å². The summed E-state index contributed by atoms with van der Waals surface area (Å²) >= 11 is 0. The van der Waals surface area contributed by atoms with E-state index in [1.807, 2.05) is 0 Å². The summed E-state index contributed by atoms with van der Waals surface area (Å²) in [6, 6.07) is 24.5. The van der Waals surface area contributed by atoms with Gasteiger partial charge in [-0.25, -0.2) is 0 Å². The van der Waals surface area contributed by atoms with E-state index >= 15 is 0 Å². The van der Waals surface area contributed by atoms with E-state index in [4.69, 9.17) is 0 Å². The molecule has 6 nitrogen and oxygen atoms in total. The van der Waals surface area contributed by atoms with Crippen LogP contribution in [-0.4, -0.2) is 37.2 Å². The van der Waals surface area contributed by atoms with Gasteiger partial charge in [-0.05, 0) is 0 Å². The molecule has 0 aliphatic rings. The zero-order chi connectivity index (χ0) is 31.5. The summed E-state index contributed by atoms with van der Waals surface area (Å²) in [6.45, 7) is 2.84. The van der Waals surface area contributed by atoms with Crippen molar-refractivity contribution < 1.29 is 43.2 Å². The number of sulfonamides is 2. The number of hydrogen-bond donors (Lipinski definition) is 1. The molecule has 0 unspecified atom stereocenters. The van der Waals surface area contributed by atoms with E-state index in [1.54, 1.807) is 91.0 Å². The molecule has 0 heterocycles. The maximum absolute atomic E-state index is 14.1. The number of hydrogen-bond acceptors (Lipinski definition) is 5. The summed E-state index contributed by atoms with van der Waals surface area (Å²) in [7, 11) is -18.3. The van der Waals surface area contributed by atoms with Crippen LogP contribution in [0.4, 0.5) is 26.3 Å². The van der Waals surface area contributed by atoms with Gasteiger partial charge in [0.25, 0.3) is 0 Å². The van der Waals surface area contributed by atoms with E-state index in [2.05, 4.69) is 5.09 Å². The van der Waals surface area contributed by atoms with Crippen LogP contribution in [0.3, 0.4) is 0 Å². The Morgan fingerprint density at radius 1 is 0.595 bits per heavy atom. The predicted octanol–water partition coefficient (Wildman–Crippen LogP) is 5.52. The van der Waals surface area contributed by atoms with Crippen LogP contribution in [0.2, 0.25) is 0 Å². The zero-order valence-corrected chi connectivity index (χ0v) is 25.3. The molecule has 3 aromatic carbocycles. The third kappa shape index (κ3) is 6.23. The second-order valence-electron chi connectivity index (χ2n) is 9.60. The Morgan fingerprint density at radius 3 is 1.12 bits per heavy atom. The summed E-state index contributed by atoms with van der Waals surface area (Å²) in [5.74, 6) is 0. The topological polar surface area (TPSA) is 83.6 Å². The molecule has 0 aromatic heterocycles. The first-order valence-electron chi connectivity index (χ1n) is 12.9. The van der Waals surface area contributed by atoms with E-state index in [1.165, 1.54) is 13.8 Å².